The van der Waals surface area contributed by atoms with Crippen molar-refractivity contribution in [2.45, 2.75) is 12.5 Å². The molecule has 1 atom stereocenters. The van der Waals surface area contributed by atoms with Crippen molar-refractivity contribution in [1.82, 2.24) is 0 Å². The van der Waals surface area contributed by atoms with Gasteiger partial charge in [-0.1, -0.05) is 12.1 Å². The van der Waals surface area contributed by atoms with Gasteiger partial charge in [-0.25, -0.2) is 22.0 Å². The highest BCUT2D eigenvalue weighted by Gasteiger charge is 2.27. The molecule has 0 unspecified atom stereocenters. The quantitative estimate of drug-likeness (QED) is 0.214. The van der Waals surface area contributed by atoms with E-state index in [1.54, 1.807) is 0 Å². The molecular formula is C15H9F5N2O3. The van der Waals surface area contributed by atoms with Crippen LogP contribution in [-0.2, 0) is 11.2 Å². The van der Waals surface area contributed by atoms with Gasteiger partial charge in [0.1, 0.15) is 12.0 Å². The summed E-state index contributed by atoms with van der Waals surface area (Å²) in [5.41, 5.74) is -1.16. The average molecular weight is 360 g/mol. The zero-order valence-electron chi connectivity index (χ0n) is 12.2. The first-order valence-electron chi connectivity index (χ1n) is 6.72. The Kier molecular flexibility index (Phi) is 5.30. The van der Waals surface area contributed by atoms with Crippen molar-refractivity contribution in [3.8, 4) is 0 Å². The van der Waals surface area contributed by atoms with Crippen LogP contribution in [0.2, 0.25) is 0 Å². The van der Waals surface area contributed by atoms with Crippen LogP contribution in [0.1, 0.15) is 5.56 Å². The highest BCUT2D eigenvalue weighted by molar-refractivity contribution is 5.66. The molecule has 132 valence electrons. The number of nitrogens with one attached hydrogen (secondary N) is 1. The second-order valence-electron chi connectivity index (χ2n) is 4.96. The van der Waals surface area contributed by atoms with Crippen molar-refractivity contribution < 1.29 is 31.7 Å². The summed E-state index contributed by atoms with van der Waals surface area (Å²) in [6, 6.07) is 3.57. The number of benzene rings is 2. The molecule has 0 fully saturated rings. The highest BCUT2D eigenvalue weighted by Crippen LogP contribution is 2.28. The number of nitro benzene ring substituents is 1. The molecule has 5 nitrogen and oxygen atoms in total. The lowest BCUT2D eigenvalue weighted by atomic mass is 10.1. The van der Waals surface area contributed by atoms with Crippen LogP contribution >= 0.6 is 0 Å². The summed E-state index contributed by atoms with van der Waals surface area (Å²) < 4.78 is 66.5. The van der Waals surface area contributed by atoms with E-state index in [2.05, 4.69) is 0 Å². The Balaban J connectivity index is 2.26. The van der Waals surface area contributed by atoms with Gasteiger partial charge in [0.05, 0.1) is 11.0 Å². The van der Waals surface area contributed by atoms with E-state index in [9.17, 15) is 36.9 Å². The maximum atomic E-state index is 13.6. The Morgan fingerprint density at radius 3 is 1.88 bits per heavy atom. The number of halogens is 5. The number of nitro groups is 1. The van der Waals surface area contributed by atoms with E-state index in [1.807, 2.05) is 5.32 Å². The first-order valence-corrected chi connectivity index (χ1v) is 6.72. The smallest absolute Gasteiger partial charge is 0.269 e. The summed E-state index contributed by atoms with van der Waals surface area (Å²) in [5, 5.41) is 12.5. The van der Waals surface area contributed by atoms with E-state index in [0.29, 0.717) is 5.56 Å². The fraction of sp³-hybridized carbons (Fsp3) is 0.133. The van der Waals surface area contributed by atoms with Crippen molar-refractivity contribution in [2.75, 3.05) is 5.32 Å². The molecule has 0 aromatic heterocycles. The lowest BCUT2D eigenvalue weighted by Crippen LogP contribution is -2.26. The number of anilines is 1. The second-order valence-corrected chi connectivity index (χ2v) is 4.96. The van der Waals surface area contributed by atoms with Crippen LogP contribution in [0.25, 0.3) is 0 Å². The van der Waals surface area contributed by atoms with Crippen LogP contribution in [0.4, 0.5) is 33.3 Å². The summed E-state index contributed by atoms with van der Waals surface area (Å²) in [6.45, 7) is 0. The fourth-order valence-corrected chi connectivity index (χ4v) is 2.06. The first kappa shape index (κ1) is 18.3. The topological polar surface area (TPSA) is 72.2 Å². The maximum absolute atomic E-state index is 13.6. The molecule has 2 aromatic rings. The number of hydrogen-bond donors (Lipinski definition) is 1. The van der Waals surface area contributed by atoms with Gasteiger partial charge in [0.25, 0.3) is 5.69 Å². The summed E-state index contributed by atoms with van der Waals surface area (Å²) >= 11 is 0. The Morgan fingerprint density at radius 2 is 1.44 bits per heavy atom. The van der Waals surface area contributed by atoms with Crippen molar-refractivity contribution in [3.05, 3.63) is 69.0 Å². The number of hydrogen-bond acceptors (Lipinski definition) is 4. The van der Waals surface area contributed by atoms with E-state index < -0.39 is 45.7 Å². The normalized spacial score (nSPS) is 11.9. The molecule has 0 aliphatic rings. The number of rotatable bonds is 6. The average Bonchev–Trinajstić information content (AvgIpc) is 2.61. The van der Waals surface area contributed by atoms with Crippen LogP contribution in [0.3, 0.4) is 0 Å². The monoisotopic (exact) mass is 360 g/mol. The number of aldehydes is 1. The summed E-state index contributed by atoms with van der Waals surface area (Å²) in [6.07, 6.45) is 0.0282. The molecule has 0 radical (unpaired) electrons. The predicted octanol–water partition coefficient (Wildman–Crippen LogP) is 3.51. The lowest BCUT2D eigenvalue weighted by molar-refractivity contribution is -0.384. The standard InChI is InChI=1S/C15H9F5N2O3/c16-10-11(17)13(19)15(14(20)12(10)18)21-8(6-23)5-7-1-3-9(4-2-7)22(24)25/h1-4,6,8,21H,5H2/t8-/m0/s1. The molecule has 2 aromatic carbocycles. The fourth-order valence-electron chi connectivity index (χ4n) is 2.06. The lowest BCUT2D eigenvalue weighted by Gasteiger charge is -2.16. The molecule has 0 saturated carbocycles. The second kappa shape index (κ2) is 7.24. The van der Waals surface area contributed by atoms with Crippen molar-refractivity contribution in [1.29, 1.82) is 0 Å². The maximum Gasteiger partial charge on any atom is 0.269 e. The third-order valence-electron chi connectivity index (χ3n) is 3.31. The van der Waals surface area contributed by atoms with Gasteiger partial charge in [-0.2, -0.15) is 0 Å². The van der Waals surface area contributed by atoms with E-state index in [0.717, 1.165) is 12.1 Å². The Hall–Kier alpha value is -3.04. The van der Waals surface area contributed by atoms with Crippen LogP contribution in [0.15, 0.2) is 24.3 Å². The third-order valence-corrected chi connectivity index (χ3v) is 3.31. The minimum absolute atomic E-state index is 0.193. The van der Waals surface area contributed by atoms with Crippen molar-refractivity contribution in [2.24, 2.45) is 0 Å². The van der Waals surface area contributed by atoms with E-state index in [4.69, 9.17) is 0 Å². The van der Waals surface area contributed by atoms with Gasteiger partial charge in [-0.15, -0.1) is 0 Å². The van der Waals surface area contributed by atoms with Gasteiger partial charge in [0, 0.05) is 12.1 Å². The van der Waals surface area contributed by atoms with Crippen LogP contribution < -0.4 is 5.32 Å². The van der Waals surface area contributed by atoms with Crippen LogP contribution in [0, 0.1) is 39.2 Å². The van der Waals surface area contributed by atoms with Gasteiger partial charge in [0.2, 0.25) is 5.82 Å². The first-order chi connectivity index (χ1) is 11.8. The molecule has 0 spiro atoms. The SMILES string of the molecule is O=C[C@H](Cc1ccc([N+](=O)[O-])cc1)Nc1c(F)c(F)c(F)c(F)c1F. The third kappa shape index (κ3) is 3.73. The van der Waals surface area contributed by atoms with E-state index in [-0.39, 0.29) is 18.4 Å². The van der Waals surface area contributed by atoms with Gasteiger partial charge < -0.3 is 10.1 Å². The Morgan fingerprint density at radius 1 is 0.960 bits per heavy atom. The molecule has 10 heteroatoms. The summed E-state index contributed by atoms with van der Waals surface area (Å²) in [5.74, 6) is -10.8. The zero-order valence-corrected chi connectivity index (χ0v) is 12.2. The van der Waals surface area contributed by atoms with Gasteiger partial charge in [-0.3, -0.25) is 10.1 Å². The molecule has 0 aliphatic carbocycles. The number of carbonyl (C=O) groups excluding carboxylic acids is 1. The zero-order chi connectivity index (χ0) is 18.7. The minimum Gasteiger partial charge on any atom is -0.370 e. The Bertz CT molecular complexity index is 798. The van der Waals surface area contributed by atoms with Crippen molar-refractivity contribution in [3.63, 3.8) is 0 Å². The molecular weight excluding hydrogens is 351 g/mol. The van der Waals surface area contributed by atoms with Gasteiger partial charge in [0.15, 0.2) is 23.3 Å². The predicted molar refractivity (Wildman–Crippen MR) is 76.5 cm³/mol. The molecule has 25 heavy (non-hydrogen) atoms. The van der Waals surface area contributed by atoms with Gasteiger partial charge in [-0.05, 0) is 12.0 Å². The highest BCUT2D eigenvalue weighted by atomic mass is 19.2. The molecule has 1 N–H and O–H groups in total. The van der Waals surface area contributed by atoms with E-state index in [1.165, 1.54) is 12.1 Å². The van der Waals surface area contributed by atoms with Crippen LogP contribution in [-0.4, -0.2) is 17.3 Å². The Labute approximate surface area is 137 Å². The number of nitrogens with zero attached hydrogens (tertiary/aromatic N) is 1. The molecule has 2 rings (SSSR count). The molecule has 0 aliphatic heterocycles. The molecule has 0 amide bonds. The summed E-state index contributed by atoms with van der Waals surface area (Å²) in [4.78, 5) is 21.0. The van der Waals surface area contributed by atoms with E-state index >= 15 is 0 Å². The minimum atomic E-state index is -2.31. The molecule has 0 saturated heterocycles. The molecule has 0 heterocycles. The molecule has 0 bridgehead atoms. The van der Waals surface area contributed by atoms with Gasteiger partial charge >= 0.3 is 0 Å². The number of carbonyl (C=O) groups is 1. The van der Waals surface area contributed by atoms with Crippen molar-refractivity contribution >= 4 is 17.7 Å². The largest absolute Gasteiger partial charge is 0.370 e. The number of non-ortho nitro benzene ring substituents is 1. The van der Waals surface area contributed by atoms with Crippen LogP contribution in [0.5, 0.6) is 0 Å². The summed E-state index contributed by atoms with van der Waals surface area (Å²) in [7, 11) is 0.